The minimum Gasteiger partial charge on any atom is -0.379 e. The first-order chi connectivity index (χ1) is 8.76. The summed E-state index contributed by atoms with van der Waals surface area (Å²) in [7, 11) is 0. The maximum atomic E-state index is 12.2. The van der Waals surface area contributed by atoms with Crippen LogP contribution in [0.3, 0.4) is 0 Å². The molecule has 0 radical (unpaired) electrons. The molecular formula is C13H25N3O2. The smallest absolute Gasteiger partial charge is 0.241 e. The molecule has 0 saturated carbocycles. The zero-order chi connectivity index (χ0) is 13.0. The van der Waals surface area contributed by atoms with E-state index >= 15 is 0 Å². The van der Waals surface area contributed by atoms with Crippen molar-refractivity contribution in [3.05, 3.63) is 0 Å². The molecule has 18 heavy (non-hydrogen) atoms. The number of morpholine rings is 1. The van der Waals surface area contributed by atoms with Gasteiger partial charge in [-0.3, -0.25) is 15.0 Å². The van der Waals surface area contributed by atoms with Crippen LogP contribution in [0.4, 0.5) is 0 Å². The van der Waals surface area contributed by atoms with E-state index < -0.39 is 0 Å². The summed E-state index contributed by atoms with van der Waals surface area (Å²) in [6, 6.07) is 0.0274. The summed E-state index contributed by atoms with van der Waals surface area (Å²) in [5.41, 5.74) is 0. The summed E-state index contributed by atoms with van der Waals surface area (Å²) in [6.07, 6.45) is 2.08. The molecule has 1 amide bonds. The van der Waals surface area contributed by atoms with Gasteiger partial charge >= 0.3 is 0 Å². The first kappa shape index (κ1) is 13.8. The van der Waals surface area contributed by atoms with Crippen LogP contribution >= 0.6 is 0 Å². The van der Waals surface area contributed by atoms with Crippen molar-refractivity contribution in [2.75, 3.05) is 39.4 Å². The highest BCUT2D eigenvalue weighted by Crippen LogP contribution is 2.15. The van der Waals surface area contributed by atoms with Crippen LogP contribution in [0.5, 0.6) is 0 Å². The van der Waals surface area contributed by atoms with Gasteiger partial charge in [-0.1, -0.05) is 13.8 Å². The zero-order valence-electron chi connectivity index (χ0n) is 11.5. The molecule has 104 valence electrons. The van der Waals surface area contributed by atoms with Crippen molar-refractivity contribution in [2.45, 2.75) is 38.9 Å². The maximum absolute atomic E-state index is 12.2. The highest BCUT2D eigenvalue weighted by atomic mass is 16.5. The molecule has 2 saturated heterocycles. The van der Waals surface area contributed by atoms with E-state index in [9.17, 15) is 4.79 Å². The fourth-order valence-electron chi connectivity index (χ4n) is 2.72. The molecule has 2 fully saturated rings. The molecule has 2 heterocycles. The van der Waals surface area contributed by atoms with Crippen LogP contribution in [0.25, 0.3) is 0 Å². The van der Waals surface area contributed by atoms with Gasteiger partial charge in [0, 0.05) is 26.2 Å². The fraction of sp³-hybridized carbons (Fsp3) is 0.923. The highest BCUT2D eigenvalue weighted by Gasteiger charge is 2.36. The number of hydrogen-bond acceptors (Lipinski definition) is 4. The van der Waals surface area contributed by atoms with Crippen LogP contribution < -0.4 is 5.32 Å². The Morgan fingerprint density at radius 2 is 1.94 bits per heavy atom. The Labute approximate surface area is 109 Å². The van der Waals surface area contributed by atoms with Gasteiger partial charge in [-0.15, -0.1) is 0 Å². The van der Waals surface area contributed by atoms with Gasteiger partial charge in [0.25, 0.3) is 0 Å². The largest absolute Gasteiger partial charge is 0.379 e. The molecule has 2 aliphatic rings. The normalized spacial score (nSPS) is 30.1. The number of carbonyl (C=O) groups is 1. The van der Waals surface area contributed by atoms with Gasteiger partial charge in [-0.25, -0.2) is 0 Å². The van der Waals surface area contributed by atoms with Gasteiger partial charge in [-0.05, 0) is 12.8 Å². The van der Waals surface area contributed by atoms with Crippen molar-refractivity contribution in [1.29, 1.82) is 0 Å². The van der Waals surface area contributed by atoms with Gasteiger partial charge in [0.15, 0.2) is 0 Å². The molecule has 2 atom stereocenters. The molecule has 0 spiro atoms. The summed E-state index contributed by atoms with van der Waals surface area (Å²) < 4.78 is 5.33. The standard InChI is InChI=1S/C13H25N3O2/c1-3-11-13(17)16(12(4-2)14-11)6-5-15-7-9-18-10-8-15/h11-12,14H,3-10H2,1-2H3. The molecule has 1 N–H and O–H groups in total. The predicted octanol–water partition coefficient (Wildman–Crippen LogP) is 0.265. The maximum Gasteiger partial charge on any atom is 0.241 e. The molecule has 0 aromatic heterocycles. The third-order valence-corrected chi connectivity index (χ3v) is 3.91. The lowest BCUT2D eigenvalue weighted by Crippen LogP contribution is -2.45. The quantitative estimate of drug-likeness (QED) is 0.766. The lowest BCUT2D eigenvalue weighted by atomic mass is 10.2. The van der Waals surface area contributed by atoms with Crippen LogP contribution in [0.15, 0.2) is 0 Å². The number of carbonyl (C=O) groups excluding carboxylic acids is 1. The number of nitrogens with zero attached hydrogens (tertiary/aromatic N) is 2. The Morgan fingerprint density at radius 3 is 2.56 bits per heavy atom. The lowest BCUT2D eigenvalue weighted by Gasteiger charge is -2.30. The van der Waals surface area contributed by atoms with Gasteiger partial charge < -0.3 is 9.64 Å². The minimum atomic E-state index is 0.0274. The lowest BCUT2D eigenvalue weighted by molar-refractivity contribution is -0.130. The number of hydrogen-bond donors (Lipinski definition) is 1. The Morgan fingerprint density at radius 1 is 1.22 bits per heavy atom. The van der Waals surface area contributed by atoms with E-state index in [1.807, 2.05) is 4.90 Å². The summed E-state index contributed by atoms with van der Waals surface area (Å²) in [4.78, 5) is 16.6. The van der Waals surface area contributed by atoms with E-state index in [-0.39, 0.29) is 18.1 Å². The van der Waals surface area contributed by atoms with Crippen LogP contribution in [0.1, 0.15) is 26.7 Å². The van der Waals surface area contributed by atoms with Crippen LogP contribution in [-0.4, -0.2) is 67.3 Å². The molecule has 2 unspecified atom stereocenters. The Hall–Kier alpha value is -0.650. The summed E-state index contributed by atoms with van der Waals surface area (Å²) in [6.45, 7) is 9.61. The van der Waals surface area contributed by atoms with E-state index in [0.717, 1.165) is 52.2 Å². The monoisotopic (exact) mass is 255 g/mol. The molecule has 5 heteroatoms. The minimum absolute atomic E-state index is 0.0274. The Bertz CT molecular complexity index is 279. The van der Waals surface area contributed by atoms with Crippen molar-refractivity contribution in [3.63, 3.8) is 0 Å². The van der Waals surface area contributed by atoms with Crippen molar-refractivity contribution in [1.82, 2.24) is 15.1 Å². The van der Waals surface area contributed by atoms with Crippen LogP contribution in [0, 0.1) is 0 Å². The summed E-state index contributed by atoms with van der Waals surface area (Å²) >= 11 is 0. The van der Waals surface area contributed by atoms with Crippen molar-refractivity contribution in [3.8, 4) is 0 Å². The summed E-state index contributed by atoms with van der Waals surface area (Å²) in [5.74, 6) is 0.276. The van der Waals surface area contributed by atoms with Crippen molar-refractivity contribution in [2.24, 2.45) is 0 Å². The third kappa shape index (κ3) is 3.02. The number of ether oxygens (including phenoxy) is 1. The zero-order valence-corrected chi connectivity index (χ0v) is 11.5. The second-order valence-corrected chi connectivity index (χ2v) is 5.04. The van der Waals surface area contributed by atoms with Crippen molar-refractivity contribution < 1.29 is 9.53 Å². The molecular weight excluding hydrogens is 230 g/mol. The topological polar surface area (TPSA) is 44.8 Å². The average molecular weight is 255 g/mol. The molecule has 0 aliphatic carbocycles. The number of rotatable bonds is 5. The first-order valence-corrected chi connectivity index (χ1v) is 7.12. The van der Waals surface area contributed by atoms with E-state index in [1.54, 1.807) is 0 Å². The van der Waals surface area contributed by atoms with E-state index in [0.29, 0.717) is 0 Å². The van der Waals surface area contributed by atoms with Crippen molar-refractivity contribution >= 4 is 5.91 Å². The van der Waals surface area contributed by atoms with E-state index in [1.165, 1.54) is 0 Å². The van der Waals surface area contributed by atoms with Crippen LogP contribution in [-0.2, 0) is 9.53 Å². The second kappa shape index (κ2) is 6.50. The van der Waals surface area contributed by atoms with Crippen LogP contribution in [0.2, 0.25) is 0 Å². The van der Waals surface area contributed by atoms with Gasteiger partial charge in [0.2, 0.25) is 5.91 Å². The molecule has 0 aromatic carbocycles. The predicted molar refractivity (Wildman–Crippen MR) is 70.3 cm³/mol. The molecule has 5 nitrogen and oxygen atoms in total. The molecule has 2 rings (SSSR count). The first-order valence-electron chi connectivity index (χ1n) is 7.12. The highest BCUT2D eigenvalue weighted by molar-refractivity contribution is 5.84. The Balaban J connectivity index is 1.84. The third-order valence-electron chi connectivity index (χ3n) is 3.91. The number of nitrogens with one attached hydrogen (secondary N) is 1. The molecule has 0 aromatic rings. The molecule has 2 aliphatic heterocycles. The van der Waals surface area contributed by atoms with E-state index in [2.05, 4.69) is 24.1 Å². The Kier molecular flexibility index (Phi) is 4.97. The fourth-order valence-corrected chi connectivity index (χ4v) is 2.72. The van der Waals surface area contributed by atoms with Gasteiger partial charge in [-0.2, -0.15) is 0 Å². The summed E-state index contributed by atoms with van der Waals surface area (Å²) in [5, 5.41) is 3.41. The van der Waals surface area contributed by atoms with Gasteiger partial charge in [0.05, 0.1) is 25.4 Å². The molecule has 0 bridgehead atoms. The van der Waals surface area contributed by atoms with Gasteiger partial charge in [0.1, 0.15) is 0 Å². The SMILES string of the molecule is CCC1NC(CC)N(CCN2CCOCC2)C1=O. The van der Waals surface area contributed by atoms with E-state index in [4.69, 9.17) is 4.74 Å². The average Bonchev–Trinajstić information content (AvgIpc) is 2.73. The second-order valence-electron chi connectivity index (χ2n) is 5.04. The number of amides is 1.